The lowest BCUT2D eigenvalue weighted by molar-refractivity contribution is 0.372. The molecule has 0 aliphatic carbocycles. The van der Waals surface area contributed by atoms with Crippen molar-refractivity contribution >= 4 is 21.6 Å². The van der Waals surface area contributed by atoms with Crippen molar-refractivity contribution < 1.29 is 12.9 Å². The minimum atomic E-state index is -3.69. The fourth-order valence-electron chi connectivity index (χ4n) is 1.53. The molecule has 1 heterocycles. The van der Waals surface area contributed by atoms with Gasteiger partial charge in [0.15, 0.2) is 5.82 Å². The molecule has 0 radical (unpaired) electrons. The van der Waals surface area contributed by atoms with Crippen LogP contribution >= 0.6 is 11.6 Å². The van der Waals surface area contributed by atoms with Crippen LogP contribution in [0.1, 0.15) is 17.3 Å². The molecule has 0 amide bonds. The molecule has 1 aromatic heterocycles. The van der Waals surface area contributed by atoms with Crippen molar-refractivity contribution in [2.75, 3.05) is 0 Å². The maximum absolute atomic E-state index is 12.1. The van der Waals surface area contributed by atoms with E-state index in [1.165, 1.54) is 18.2 Å². The van der Waals surface area contributed by atoms with Crippen LogP contribution in [-0.2, 0) is 23.1 Å². The highest BCUT2D eigenvalue weighted by Gasteiger charge is 2.16. The number of hydrogen-bond acceptors (Lipinski definition) is 6. The predicted octanol–water partition coefficient (Wildman–Crippen LogP) is 0.969. The zero-order valence-corrected chi connectivity index (χ0v) is 12.2. The van der Waals surface area contributed by atoms with Crippen LogP contribution < -0.4 is 10.5 Å². The van der Waals surface area contributed by atoms with E-state index in [1.54, 1.807) is 6.92 Å². The lowest BCUT2D eigenvalue weighted by Crippen LogP contribution is -2.23. The summed E-state index contributed by atoms with van der Waals surface area (Å²) >= 11 is 5.89. The third-order valence-electron chi connectivity index (χ3n) is 2.53. The van der Waals surface area contributed by atoms with Gasteiger partial charge in [-0.1, -0.05) is 16.8 Å². The van der Waals surface area contributed by atoms with E-state index in [-0.39, 0.29) is 23.9 Å². The largest absolute Gasteiger partial charge is 0.338 e. The Morgan fingerprint density at radius 2 is 2.20 bits per heavy atom. The van der Waals surface area contributed by atoms with E-state index in [2.05, 4.69) is 14.9 Å². The molecule has 2 rings (SSSR count). The van der Waals surface area contributed by atoms with Crippen molar-refractivity contribution in [1.82, 2.24) is 14.9 Å². The summed E-state index contributed by atoms with van der Waals surface area (Å²) in [6, 6.07) is 4.34. The van der Waals surface area contributed by atoms with Crippen LogP contribution in [0.2, 0.25) is 5.02 Å². The number of benzene rings is 1. The number of nitrogens with two attached hydrogens (primary N) is 1. The van der Waals surface area contributed by atoms with Gasteiger partial charge in [-0.15, -0.1) is 0 Å². The molecule has 0 spiro atoms. The van der Waals surface area contributed by atoms with Crippen molar-refractivity contribution in [2.45, 2.75) is 24.9 Å². The number of aryl methyl sites for hydroxylation is 1. The fourth-order valence-corrected chi connectivity index (χ4v) is 2.75. The van der Waals surface area contributed by atoms with E-state index >= 15 is 0 Å². The molecule has 1 aromatic carbocycles. The number of sulfonamides is 1. The quantitative estimate of drug-likeness (QED) is 0.850. The molecule has 0 saturated heterocycles. The van der Waals surface area contributed by atoms with Crippen LogP contribution in [-0.4, -0.2) is 18.6 Å². The third-order valence-corrected chi connectivity index (χ3v) is 4.30. The first-order chi connectivity index (χ1) is 9.42. The molecule has 0 bridgehead atoms. The maximum atomic E-state index is 12.1. The topological polar surface area (TPSA) is 111 Å². The summed E-state index contributed by atoms with van der Waals surface area (Å²) in [5, 5.41) is 4.00. The van der Waals surface area contributed by atoms with Gasteiger partial charge in [0.25, 0.3) is 0 Å². The first kappa shape index (κ1) is 14.9. The summed E-state index contributed by atoms with van der Waals surface area (Å²) in [7, 11) is -3.69. The molecular formula is C11H13ClN4O3S. The molecule has 0 atom stereocenters. The Balaban J connectivity index is 2.17. The summed E-state index contributed by atoms with van der Waals surface area (Å²) in [6.45, 7) is 1.73. The van der Waals surface area contributed by atoms with Gasteiger partial charge in [0.05, 0.1) is 11.4 Å². The summed E-state index contributed by atoms with van der Waals surface area (Å²) in [5.41, 5.74) is 6.06. The van der Waals surface area contributed by atoms with E-state index in [1.807, 2.05) is 0 Å². The average Bonchev–Trinajstić information content (AvgIpc) is 2.83. The molecule has 108 valence electrons. The third kappa shape index (κ3) is 3.34. The number of nitrogens with zero attached hydrogens (tertiary/aromatic N) is 2. The van der Waals surface area contributed by atoms with Gasteiger partial charge in [-0.05, 0) is 30.7 Å². The molecular weight excluding hydrogens is 304 g/mol. The van der Waals surface area contributed by atoms with E-state index in [9.17, 15) is 8.42 Å². The minimum Gasteiger partial charge on any atom is -0.338 e. The highest BCUT2D eigenvalue weighted by atomic mass is 35.5. The minimum absolute atomic E-state index is 0.0796. The predicted molar refractivity (Wildman–Crippen MR) is 72.4 cm³/mol. The van der Waals surface area contributed by atoms with Crippen molar-refractivity contribution in [3.63, 3.8) is 0 Å². The van der Waals surface area contributed by atoms with Crippen LogP contribution in [0.5, 0.6) is 0 Å². The number of rotatable bonds is 5. The van der Waals surface area contributed by atoms with Gasteiger partial charge in [0, 0.05) is 11.6 Å². The van der Waals surface area contributed by atoms with Crippen molar-refractivity contribution in [3.05, 3.63) is 40.5 Å². The van der Waals surface area contributed by atoms with Crippen molar-refractivity contribution in [3.8, 4) is 0 Å². The second-order valence-electron chi connectivity index (χ2n) is 4.02. The monoisotopic (exact) mass is 316 g/mol. The van der Waals surface area contributed by atoms with E-state index in [0.717, 1.165) is 0 Å². The molecule has 9 heteroatoms. The van der Waals surface area contributed by atoms with Crippen LogP contribution in [0.25, 0.3) is 0 Å². The number of aromatic nitrogens is 2. The van der Waals surface area contributed by atoms with Gasteiger partial charge in [-0.2, -0.15) is 4.98 Å². The Bertz CT molecular complexity index is 714. The summed E-state index contributed by atoms with van der Waals surface area (Å²) in [5.74, 6) is 0.634. The molecule has 0 saturated carbocycles. The number of nitrogens with one attached hydrogen (secondary N) is 1. The van der Waals surface area contributed by atoms with Gasteiger partial charge < -0.3 is 10.3 Å². The maximum Gasteiger partial charge on any atom is 0.241 e. The van der Waals surface area contributed by atoms with Crippen LogP contribution in [0.4, 0.5) is 0 Å². The Kier molecular flexibility index (Phi) is 4.39. The SMILES string of the molecule is Cc1noc(CNS(=O)(=O)c2ccc(Cl)c(CN)c2)n1. The standard InChI is InChI=1S/C11H13ClN4O3S/c1-7-15-11(19-16-7)6-14-20(17,18)9-2-3-10(12)8(4-9)5-13/h2-4,14H,5-6,13H2,1H3. The molecule has 20 heavy (non-hydrogen) atoms. The van der Waals surface area contributed by atoms with E-state index in [4.69, 9.17) is 21.9 Å². The second kappa shape index (κ2) is 5.88. The van der Waals surface area contributed by atoms with Gasteiger partial charge >= 0.3 is 0 Å². The highest BCUT2D eigenvalue weighted by molar-refractivity contribution is 7.89. The molecule has 0 unspecified atom stereocenters. The Labute approximate surface area is 121 Å². The summed E-state index contributed by atoms with van der Waals surface area (Å²) < 4.78 is 31.4. The van der Waals surface area contributed by atoms with Crippen LogP contribution in [0.15, 0.2) is 27.6 Å². The molecule has 7 nitrogen and oxygen atoms in total. The van der Waals surface area contributed by atoms with Gasteiger partial charge in [-0.25, -0.2) is 13.1 Å². The van der Waals surface area contributed by atoms with E-state index in [0.29, 0.717) is 16.4 Å². The first-order valence-electron chi connectivity index (χ1n) is 5.70. The molecule has 3 N–H and O–H groups in total. The smallest absolute Gasteiger partial charge is 0.241 e. The van der Waals surface area contributed by atoms with Gasteiger partial charge in [0.1, 0.15) is 0 Å². The zero-order valence-electron chi connectivity index (χ0n) is 10.6. The van der Waals surface area contributed by atoms with Gasteiger partial charge in [-0.3, -0.25) is 0 Å². The normalized spacial score (nSPS) is 11.8. The Morgan fingerprint density at radius 3 is 2.80 bits per heavy atom. The van der Waals surface area contributed by atoms with Gasteiger partial charge in [0.2, 0.25) is 15.9 Å². The second-order valence-corrected chi connectivity index (χ2v) is 6.19. The lowest BCUT2D eigenvalue weighted by Gasteiger charge is -2.07. The lowest BCUT2D eigenvalue weighted by atomic mass is 10.2. The van der Waals surface area contributed by atoms with Crippen LogP contribution in [0.3, 0.4) is 0 Å². The Hall–Kier alpha value is -1.48. The first-order valence-corrected chi connectivity index (χ1v) is 7.56. The highest BCUT2D eigenvalue weighted by Crippen LogP contribution is 2.20. The average molecular weight is 317 g/mol. The molecule has 0 fully saturated rings. The summed E-state index contributed by atoms with van der Waals surface area (Å²) in [4.78, 5) is 3.99. The molecule has 0 aliphatic rings. The Morgan fingerprint density at radius 1 is 1.45 bits per heavy atom. The van der Waals surface area contributed by atoms with Crippen molar-refractivity contribution in [1.29, 1.82) is 0 Å². The number of hydrogen-bond donors (Lipinski definition) is 2. The molecule has 0 aliphatic heterocycles. The van der Waals surface area contributed by atoms with Crippen molar-refractivity contribution in [2.24, 2.45) is 5.73 Å². The van der Waals surface area contributed by atoms with Crippen LogP contribution in [0, 0.1) is 6.92 Å². The molecule has 2 aromatic rings. The number of halogens is 1. The fraction of sp³-hybridized carbons (Fsp3) is 0.273. The van der Waals surface area contributed by atoms with E-state index < -0.39 is 10.0 Å². The zero-order chi connectivity index (χ0) is 14.8. The summed E-state index contributed by atoms with van der Waals surface area (Å²) in [6.07, 6.45) is 0.